The molecule has 1 aliphatic rings. The van der Waals surface area contributed by atoms with Crippen LogP contribution in [0.5, 0.6) is 11.5 Å². The van der Waals surface area contributed by atoms with E-state index in [1.165, 1.54) is 0 Å². The van der Waals surface area contributed by atoms with Crippen molar-refractivity contribution in [2.75, 3.05) is 13.2 Å². The first-order valence-electron chi connectivity index (χ1n) is 6.66. The molecule has 0 N–H and O–H groups in total. The van der Waals surface area contributed by atoms with Crippen LogP contribution in [-0.4, -0.2) is 24.1 Å². The molecule has 0 fully saturated rings. The van der Waals surface area contributed by atoms with Crippen LogP contribution in [0.2, 0.25) is 0 Å². The molecule has 0 spiro atoms. The van der Waals surface area contributed by atoms with Gasteiger partial charge < -0.3 is 14.0 Å². The third kappa shape index (κ3) is 1.88. The van der Waals surface area contributed by atoms with Crippen LogP contribution < -0.4 is 9.47 Å². The highest BCUT2D eigenvalue weighted by atomic mass is 16.6. The lowest BCUT2D eigenvalue weighted by Crippen LogP contribution is -2.16. The van der Waals surface area contributed by atoms with Crippen molar-refractivity contribution >= 4 is 6.29 Å². The Bertz CT molecular complexity index is 686. The number of benzene rings is 1. The largest absolute Gasteiger partial charge is 0.486 e. The summed E-state index contributed by atoms with van der Waals surface area (Å²) in [6.07, 6.45) is 0.895. The number of carbonyl (C=O) groups excluding carboxylic acids is 1. The minimum atomic E-state index is 0.568. The molecular weight excluding hydrogens is 254 g/mol. The summed E-state index contributed by atoms with van der Waals surface area (Å²) in [5, 5.41) is 0. The van der Waals surface area contributed by atoms with E-state index < -0.39 is 0 Å². The smallest absolute Gasteiger partial charge is 0.163 e. The van der Waals surface area contributed by atoms with Crippen LogP contribution in [0.1, 0.15) is 27.3 Å². The fourth-order valence-electron chi connectivity index (χ4n) is 2.70. The second kappa shape index (κ2) is 4.71. The molecule has 0 radical (unpaired) electrons. The number of nitrogens with zero attached hydrogens (tertiary/aromatic N) is 1. The van der Waals surface area contributed by atoms with Crippen LogP contribution in [0.15, 0.2) is 18.2 Å². The average Bonchev–Trinajstić information content (AvgIpc) is 2.73. The number of carbonyl (C=O) groups is 1. The first-order valence-corrected chi connectivity index (χ1v) is 6.66. The number of aldehydes is 1. The summed E-state index contributed by atoms with van der Waals surface area (Å²) < 4.78 is 13.3. The molecule has 1 aromatic heterocycles. The molecule has 0 aliphatic carbocycles. The van der Waals surface area contributed by atoms with Gasteiger partial charge in [-0.3, -0.25) is 4.79 Å². The van der Waals surface area contributed by atoms with Crippen molar-refractivity contribution in [3.05, 3.63) is 40.7 Å². The fourth-order valence-corrected chi connectivity index (χ4v) is 2.70. The zero-order valence-electron chi connectivity index (χ0n) is 11.9. The normalized spacial score (nSPS) is 13.3. The Morgan fingerprint density at radius 2 is 1.70 bits per heavy atom. The van der Waals surface area contributed by atoms with E-state index in [9.17, 15) is 4.79 Å². The fraction of sp³-hybridized carbons (Fsp3) is 0.312. The zero-order valence-corrected chi connectivity index (χ0v) is 11.9. The second-order valence-corrected chi connectivity index (χ2v) is 5.06. The SMILES string of the molecule is Cc1cc2c(cc1-n1c(C)cc(C=O)c1C)OCCO2. The van der Waals surface area contributed by atoms with E-state index in [1.807, 2.05) is 39.0 Å². The van der Waals surface area contributed by atoms with Crippen molar-refractivity contribution in [1.82, 2.24) is 4.57 Å². The summed E-state index contributed by atoms with van der Waals surface area (Å²) in [6.45, 7) is 7.14. The highest BCUT2D eigenvalue weighted by Gasteiger charge is 2.17. The Hall–Kier alpha value is -2.23. The lowest BCUT2D eigenvalue weighted by atomic mass is 10.1. The Balaban J connectivity index is 2.20. The van der Waals surface area contributed by atoms with Crippen LogP contribution in [-0.2, 0) is 0 Å². The summed E-state index contributed by atoms with van der Waals surface area (Å²) in [4.78, 5) is 11.1. The summed E-state index contributed by atoms with van der Waals surface area (Å²) in [6, 6.07) is 5.88. The highest BCUT2D eigenvalue weighted by Crippen LogP contribution is 2.35. The van der Waals surface area contributed by atoms with E-state index in [0.29, 0.717) is 13.2 Å². The number of hydrogen-bond acceptors (Lipinski definition) is 3. The number of aromatic nitrogens is 1. The molecule has 1 aliphatic heterocycles. The van der Waals surface area contributed by atoms with Crippen LogP contribution in [0.3, 0.4) is 0 Å². The molecule has 4 nitrogen and oxygen atoms in total. The van der Waals surface area contributed by atoms with Crippen molar-refractivity contribution in [2.24, 2.45) is 0 Å². The monoisotopic (exact) mass is 271 g/mol. The molecule has 0 amide bonds. The Morgan fingerprint density at radius 3 is 2.30 bits per heavy atom. The maximum atomic E-state index is 11.1. The lowest BCUT2D eigenvalue weighted by Gasteiger charge is -2.21. The van der Waals surface area contributed by atoms with Crippen molar-refractivity contribution in [2.45, 2.75) is 20.8 Å². The minimum Gasteiger partial charge on any atom is -0.486 e. The van der Waals surface area contributed by atoms with Gasteiger partial charge in [-0.25, -0.2) is 0 Å². The summed E-state index contributed by atoms with van der Waals surface area (Å²) >= 11 is 0. The number of fused-ring (bicyclic) bond motifs is 1. The predicted octanol–water partition coefficient (Wildman–Crippen LogP) is 2.99. The van der Waals surface area contributed by atoms with E-state index in [1.54, 1.807) is 0 Å². The topological polar surface area (TPSA) is 40.5 Å². The first kappa shape index (κ1) is 12.8. The first-order chi connectivity index (χ1) is 9.61. The van der Waals surface area contributed by atoms with Crippen LogP contribution in [0.4, 0.5) is 0 Å². The Kier molecular flexibility index (Phi) is 3.01. The molecule has 0 bridgehead atoms. The van der Waals surface area contributed by atoms with E-state index in [2.05, 4.69) is 4.57 Å². The number of hydrogen-bond donors (Lipinski definition) is 0. The van der Waals surface area contributed by atoms with Gasteiger partial charge in [0.1, 0.15) is 13.2 Å². The van der Waals surface area contributed by atoms with Crippen molar-refractivity contribution in [3.8, 4) is 17.2 Å². The van der Waals surface area contributed by atoms with E-state index in [0.717, 1.165) is 46.0 Å². The minimum absolute atomic E-state index is 0.568. The quantitative estimate of drug-likeness (QED) is 0.788. The number of rotatable bonds is 2. The van der Waals surface area contributed by atoms with E-state index in [-0.39, 0.29) is 0 Å². The van der Waals surface area contributed by atoms with Gasteiger partial charge >= 0.3 is 0 Å². The predicted molar refractivity (Wildman–Crippen MR) is 76.4 cm³/mol. The molecule has 0 atom stereocenters. The van der Waals surface area contributed by atoms with Gasteiger partial charge in [0.05, 0.1) is 5.69 Å². The van der Waals surface area contributed by atoms with E-state index >= 15 is 0 Å². The molecule has 0 unspecified atom stereocenters. The molecular formula is C16H17NO3. The van der Waals surface area contributed by atoms with Crippen LogP contribution >= 0.6 is 0 Å². The Labute approximate surface area is 117 Å². The third-order valence-electron chi connectivity index (χ3n) is 3.70. The molecule has 1 aromatic carbocycles. The third-order valence-corrected chi connectivity index (χ3v) is 3.70. The van der Waals surface area contributed by atoms with Crippen LogP contribution in [0, 0.1) is 20.8 Å². The standard InChI is InChI=1S/C16H17NO3/c1-10-6-15-16(20-5-4-19-15)8-14(10)17-11(2)7-13(9-18)12(17)3/h6-9H,4-5H2,1-3H3. The molecule has 2 aromatic rings. The summed E-state index contributed by atoms with van der Waals surface area (Å²) in [7, 11) is 0. The molecule has 4 heteroatoms. The molecule has 3 rings (SSSR count). The van der Waals surface area contributed by atoms with Gasteiger partial charge in [-0.15, -0.1) is 0 Å². The summed E-state index contributed by atoms with van der Waals surface area (Å²) in [5.74, 6) is 1.55. The second-order valence-electron chi connectivity index (χ2n) is 5.06. The molecule has 2 heterocycles. The van der Waals surface area contributed by atoms with Gasteiger partial charge in [0.15, 0.2) is 17.8 Å². The van der Waals surface area contributed by atoms with Gasteiger partial charge in [0.25, 0.3) is 0 Å². The average molecular weight is 271 g/mol. The van der Waals surface area contributed by atoms with Crippen LogP contribution in [0.25, 0.3) is 5.69 Å². The molecule has 0 saturated carbocycles. The van der Waals surface area contributed by atoms with Gasteiger partial charge in [-0.05, 0) is 38.5 Å². The van der Waals surface area contributed by atoms with Gasteiger partial charge in [-0.1, -0.05) is 0 Å². The van der Waals surface area contributed by atoms with E-state index in [4.69, 9.17) is 9.47 Å². The van der Waals surface area contributed by atoms with Crippen molar-refractivity contribution in [1.29, 1.82) is 0 Å². The van der Waals surface area contributed by atoms with Gasteiger partial charge in [0.2, 0.25) is 0 Å². The maximum Gasteiger partial charge on any atom is 0.163 e. The maximum absolute atomic E-state index is 11.1. The van der Waals surface area contributed by atoms with Crippen molar-refractivity contribution < 1.29 is 14.3 Å². The van der Waals surface area contributed by atoms with Crippen molar-refractivity contribution in [3.63, 3.8) is 0 Å². The molecule has 0 saturated heterocycles. The van der Waals surface area contributed by atoms with Gasteiger partial charge in [0, 0.05) is 23.0 Å². The Morgan fingerprint density at radius 1 is 1.05 bits per heavy atom. The molecule has 104 valence electrons. The number of ether oxygens (including phenoxy) is 2. The highest BCUT2D eigenvalue weighted by molar-refractivity contribution is 5.78. The summed E-state index contributed by atoms with van der Waals surface area (Å²) in [5.41, 5.74) is 4.81. The molecule has 20 heavy (non-hydrogen) atoms. The lowest BCUT2D eigenvalue weighted by molar-refractivity contribution is 0.112. The van der Waals surface area contributed by atoms with Gasteiger partial charge in [-0.2, -0.15) is 0 Å². The zero-order chi connectivity index (χ0) is 14.3. The number of aryl methyl sites for hydroxylation is 2.